The van der Waals surface area contributed by atoms with Crippen molar-refractivity contribution in [3.05, 3.63) is 209 Å². The minimum atomic E-state index is -0.183. The number of anilines is 3. The summed E-state index contributed by atoms with van der Waals surface area (Å²) < 4.78 is 0. The van der Waals surface area contributed by atoms with Crippen LogP contribution in [0.4, 0.5) is 17.1 Å². The van der Waals surface area contributed by atoms with E-state index in [-0.39, 0.29) is 16.2 Å². The normalized spacial score (nSPS) is 15.5. The zero-order chi connectivity index (χ0) is 39.6. The molecule has 1 heteroatoms. The van der Waals surface area contributed by atoms with Crippen LogP contribution in [0.25, 0.3) is 55.6 Å². The Balaban J connectivity index is 1.08. The molecule has 11 rings (SSSR count). The highest BCUT2D eigenvalue weighted by Gasteiger charge is 2.40. The van der Waals surface area contributed by atoms with Crippen molar-refractivity contribution in [1.82, 2.24) is 0 Å². The lowest BCUT2D eigenvalue weighted by Gasteiger charge is -2.32. The van der Waals surface area contributed by atoms with E-state index in [2.05, 4.69) is 222 Å². The highest BCUT2D eigenvalue weighted by atomic mass is 15.1. The Morgan fingerprint density at radius 3 is 1.17 bits per heavy atom. The number of hydrogen-bond donors (Lipinski definition) is 0. The predicted octanol–water partition coefficient (Wildman–Crippen LogP) is 15.4. The van der Waals surface area contributed by atoms with Crippen molar-refractivity contribution in [2.24, 2.45) is 0 Å². The van der Waals surface area contributed by atoms with Crippen LogP contribution in [0.2, 0.25) is 0 Å². The zero-order valence-electron chi connectivity index (χ0n) is 34.2. The van der Waals surface area contributed by atoms with Crippen molar-refractivity contribution < 1.29 is 0 Å². The molecular formula is C57H47N. The Bertz CT molecular complexity index is 2840. The molecule has 0 saturated carbocycles. The number of benzene rings is 8. The van der Waals surface area contributed by atoms with E-state index in [0.717, 1.165) is 11.4 Å². The summed E-state index contributed by atoms with van der Waals surface area (Å²) >= 11 is 0. The predicted molar refractivity (Wildman–Crippen MR) is 245 cm³/mol. The van der Waals surface area contributed by atoms with E-state index in [1.54, 1.807) is 0 Å². The van der Waals surface area contributed by atoms with Crippen molar-refractivity contribution >= 4 is 17.1 Å². The fourth-order valence-electron chi connectivity index (χ4n) is 10.8. The summed E-state index contributed by atoms with van der Waals surface area (Å²) in [7, 11) is 0. The average molecular weight is 746 g/mol. The molecule has 3 aliphatic carbocycles. The van der Waals surface area contributed by atoms with Gasteiger partial charge in [-0.1, -0.05) is 175 Å². The van der Waals surface area contributed by atoms with Gasteiger partial charge in [-0.25, -0.2) is 0 Å². The fourth-order valence-corrected chi connectivity index (χ4v) is 10.8. The quantitative estimate of drug-likeness (QED) is 0.170. The molecule has 1 nitrogen and oxygen atoms in total. The first-order chi connectivity index (χ1) is 28.0. The minimum absolute atomic E-state index is 0.0627. The lowest BCUT2D eigenvalue weighted by molar-refractivity contribution is 0.660. The van der Waals surface area contributed by atoms with E-state index in [0.29, 0.717) is 0 Å². The Labute approximate surface area is 343 Å². The van der Waals surface area contributed by atoms with Gasteiger partial charge in [-0.3, -0.25) is 0 Å². The van der Waals surface area contributed by atoms with Crippen LogP contribution in [-0.4, -0.2) is 0 Å². The highest BCUT2D eigenvalue weighted by molar-refractivity contribution is 5.93. The molecule has 8 aromatic carbocycles. The lowest BCUT2D eigenvalue weighted by atomic mass is 9.81. The van der Waals surface area contributed by atoms with Crippen LogP contribution in [0.1, 0.15) is 74.9 Å². The molecule has 280 valence electrons. The minimum Gasteiger partial charge on any atom is -0.310 e. The second kappa shape index (κ2) is 12.3. The van der Waals surface area contributed by atoms with Gasteiger partial charge in [-0.15, -0.1) is 0 Å². The second-order valence-corrected chi connectivity index (χ2v) is 18.2. The van der Waals surface area contributed by atoms with Gasteiger partial charge in [0.2, 0.25) is 0 Å². The van der Waals surface area contributed by atoms with Crippen LogP contribution in [0.3, 0.4) is 0 Å². The molecule has 0 amide bonds. The third-order valence-corrected chi connectivity index (χ3v) is 13.8. The summed E-state index contributed by atoms with van der Waals surface area (Å²) in [6.07, 6.45) is 0. The maximum absolute atomic E-state index is 2.51. The monoisotopic (exact) mass is 745 g/mol. The molecule has 0 fully saturated rings. The molecule has 0 radical (unpaired) electrons. The molecular weight excluding hydrogens is 699 g/mol. The Morgan fingerprint density at radius 2 is 0.672 bits per heavy atom. The van der Waals surface area contributed by atoms with Crippen LogP contribution in [0.15, 0.2) is 176 Å². The van der Waals surface area contributed by atoms with Crippen molar-refractivity contribution in [1.29, 1.82) is 0 Å². The summed E-state index contributed by atoms with van der Waals surface area (Å²) in [5.41, 5.74) is 24.5. The third-order valence-electron chi connectivity index (χ3n) is 13.8. The van der Waals surface area contributed by atoms with Crippen molar-refractivity contribution in [3.8, 4) is 55.6 Å². The molecule has 0 saturated heterocycles. The van der Waals surface area contributed by atoms with Crippen LogP contribution >= 0.6 is 0 Å². The zero-order valence-corrected chi connectivity index (χ0v) is 34.2. The van der Waals surface area contributed by atoms with Crippen LogP contribution in [0, 0.1) is 0 Å². The second-order valence-electron chi connectivity index (χ2n) is 18.2. The SMILES string of the molecule is CC1(C)c2ccccc2-c2ccc(-c3cccc(N(c4cccc(-c5ccc6c(c5)C(C)(C)c5ccccc5-6)c4)c4cccc5c4C(C)(C)c4ccccc4-5)c3)cc21. The Kier molecular flexibility index (Phi) is 7.36. The first-order valence-electron chi connectivity index (χ1n) is 20.8. The maximum Gasteiger partial charge on any atom is 0.0508 e. The van der Waals surface area contributed by atoms with Gasteiger partial charge in [0.1, 0.15) is 0 Å². The number of rotatable bonds is 5. The standard InChI is InChI=1S/C57H47N/c1-55(2)48-24-10-7-20-42(48)45-30-28-38(34-51(45)55)36-16-13-18-40(32-36)58(53-27-15-23-47-44-22-9-12-26-50(44)57(5,6)54(47)53)41-19-14-17-37(33-41)39-29-31-46-43-21-8-11-25-49(43)56(3,4)52(46)35-39/h7-35H,1-6H3. The number of hydrogen-bond acceptors (Lipinski definition) is 1. The van der Waals surface area contributed by atoms with Gasteiger partial charge >= 0.3 is 0 Å². The molecule has 0 spiro atoms. The van der Waals surface area contributed by atoms with Crippen LogP contribution < -0.4 is 4.90 Å². The summed E-state index contributed by atoms with van der Waals surface area (Å²) in [6.45, 7) is 14.2. The van der Waals surface area contributed by atoms with E-state index < -0.39 is 0 Å². The first kappa shape index (κ1) is 34.8. The maximum atomic E-state index is 2.51. The first-order valence-corrected chi connectivity index (χ1v) is 20.8. The fraction of sp³-hybridized carbons (Fsp3) is 0.158. The average Bonchev–Trinajstić information content (AvgIpc) is 3.74. The smallest absolute Gasteiger partial charge is 0.0508 e. The van der Waals surface area contributed by atoms with Gasteiger partial charge in [0.15, 0.2) is 0 Å². The molecule has 58 heavy (non-hydrogen) atoms. The van der Waals surface area contributed by atoms with Gasteiger partial charge in [0.25, 0.3) is 0 Å². The molecule has 0 heterocycles. The highest BCUT2D eigenvalue weighted by Crippen LogP contribution is 2.55. The number of fused-ring (bicyclic) bond motifs is 9. The molecule has 0 unspecified atom stereocenters. The molecule has 8 aromatic rings. The molecule has 0 aliphatic heterocycles. The molecule has 0 N–H and O–H groups in total. The van der Waals surface area contributed by atoms with E-state index in [1.807, 2.05) is 0 Å². The van der Waals surface area contributed by atoms with Gasteiger partial charge in [0.05, 0.1) is 5.69 Å². The lowest BCUT2D eigenvalue weighted by Crippen LogP contribution is -2.20. The molecule has 0 aromatic heterocycles. The Hall–Kier alpha value is -6.44. The van der Waals surface area contributed by atoms with Gasteiger partial charge in [-0.2, -0.15) is 0 Å². The molecule has 0 bridgehead atoms. The van der Waals surface area contributed by atoms with E-state index >= 15 is 0 Å². The number of nitrogens with zero attached hydrogens (tertiary/aromatic N) is 1. The summed E-state index contributed by atoms with van der Waals surface area (Å²) in [4.78, 5) is 2.51. The van der Waals surface area contributed by atoms with Gasteiger partial charge in [-0.05, 0) is 131 Å². The van der Waals surface area contributed by atoms with E-state index in [1.165, 1.54) is 94.7 Å². The summed E-state index contributed by atoms with van der Waals surface area (Å²) in [6, 6.07) is 66.2. The van der Waals surface area contributed by atoms with Crippen molar-refractivity contribution in [2.45, 2.75) is 57.8 Å². The third kappa shape index (κ3) is 4.89. The van der Waals surface area contributed by atoms with E-state index in [9.17, 15) is 0 Å². The topological polar surface area (TPSA) is 3.24 Å². The van der Waals surface area contributed by atoms with E-state index in [4.69, 9.17) is 0 Å². The Morgan fingerprint density at radius 1 is 0.293 bits per heavy atom. The van der Waals surface area contributed by atoms with Gasteiger partial charge < -0.3 is 4.90 Å². The van der Waals surface area contributed by atoms with Crippen molar-refractivity contribution in [3.63, 3.8) is 0 Å². The molecule has 0 atom stereocenters. The summed E-state index contributed by atoms with van der Waals surface area (Å²) in [5, 5.41) is 0. The molecule has 3 aliphatic rings. The van der Waals surface area contributed by atoms with Gasteiger partial charge in [0, 0.05) is 27.6 Å². The van der Waals surface area contributed by atoms with Crippen molar-refractivity contribution in [2.75, 3.05) is 4.90 Å². The summed E-state index contributed by atoms with van der Waals surface area (Å²) in [5.74, 6) is 0. The van der Waals surface area contributed by atoms with Crippen LogP contribution in [0.5, 0.6) is 0 Å². The largest absolute Gasteiger partial charge is 0.310 e. The van der Waals surface area contributed by atoms with Crippen LogP contribution in [-0.2, 0) is 16.2 Å².